The van der Waals surface area contributed by atoms with Crippen LogP contribution in [0.2, 0.25) is 5.02 Å². The third-order valence-electron chi connectivity index (χ3n) is 2.54. The van der Waals surface area contributed by atoms with Crippen LogP contribution in [0, 0.1) is 0 Å². The molecule has 0 bridgehead atoms. The van der Waals surface area contributed by atoms with Gasteiger partial charge in [0.1, 0.15) is 0 Å². The van der Waals surface area contributed by atoms with Crippen molar-refractivity contribution in [2.24, 2.45) is 0 Å². The Bertz CT molecular complexity index is 716. The van der Waals surface area contributed by atoms with Crippen molar-refractivity contribution >= 4 is 43.1 Å². The number of nitrogen functional groups attached to an aromatic ring is 1. The number of halogens is 2. The zero-order chi connectivity index (χ0) is 14.0. The molecule has 0 amide bonds. The lowest BCUT2D eigenvalue weighted by Gasteiger charge is -2.07. The SMILES string of the molecule is Nc1ccc(S(=O)(=O)Cc2cccc(Br)c2)c(Cl)c1. The van der Waals surface area contributed by atoms with Gasteiger partial charge in [-0.25, -0.2) is 8.42 Å². The first-order valence-electron chi connectivity index (χ1n) is 5.41. The third-order valence-corrected chi connectivity index (χ3v) is 5.19. The number of rotatable bonds is 3. The minimum Gasteiger partial charge on any atom is -0.399 e. The normalized spacial score (nSPS) is 11.5. The van der Waals surface area contributed by atoms with E-state index < -0.39 is 9.84 Å². The fourth-order valence-corrected chi connectivity index (χ4v) is 4.09. The lowest BCUT2D eigenvalue weighted by Crippen LogP contribution is -2.06. The van der Waals surface area contributed by atoms with E-state index in [1.54, 1.807) is 18.2 Å². The standard InChI is InChI=1S/C13H11BrClNO2S/c14-10-3-1-2-9(6-10)8-19(17,18)13-5-4-11(16)7-12(13)15/h1-7H,8,16H2. The lowest BCUT2D eigenvalue weighted by molar-refractivity contribution is 0.595. The summed E-state index contributed by atoms with van der Waals surface area (Å²) in [6, 6.07) is 11.6. The summed E-state index contributed by atoms with van der Waals surface area (Å²) < 4.78 is 25.4. The van der Waals surface area contributed by atoms with Crippen LogP contribution in [0.4, 0.5) is 5.69 Å². The fourth-order valence-electron chi connectivity index (χ4n) is 1.69. The number of benzene rings is 2. The van der Waals surface area contributed by atoms with E-state index in [1.165, 1.54) is 18.2 Å². The molecule has 0 aliphatic heterocycles. The van der Waals surface area contributed by atoms with Crippen molar-refractivity contribution in [2.45, 2.75) is 10.6 Å². The van der Waals surface area contributed by atoms with Crippen molar-refractivity contribution in [3.63, 3.8) is 0 Å². The minimum atomic E-state index is -3.49. The van der Waals surface area contributed by atoms with Crippen LogP contribution in [0.5, 0.6) is 0 Å². The fraction of sp³-hybridized carbons (Fsp3) is 0.0769. The molecule has 0 atom stereocenters. The molecule has 6 heteroatoms. The maximum atomic E-state index is 12.3. The monoisotopic (exact) mass is 359 g/mol. The van der Waals surface area contributed by atoms with Gasteiger partial charge in [0.15, 0.2) is 9.84 Å². The first-order chi connectivity index (χ1) is 8.88. The van der Waals surface area contributed by atoms with E-state index in [2.05, 4.69) is 15.9 Å². The van der Waals surface area contributed by atoms with Crippen LogP contribution in [-0.4, -0.2) is 8.42 Å². The smallest absolute Gasteiger partial charge is 0.183 e. The molecule has 0 saturated carbocycles. The summed E-state index contributed by atoms with van der Waals surface area (Å²) in [7, 11) is -3.49. The molecule has 0 heterocycles. The summed E-state index contributed by atoms with van der Waals surface area (Å²) in [4.78, 5) is 0.100. The van der Waals surface area contributed by atoms with E-state index >= 15 is 0 Å². The predicted octanol–water partition coefficient (Wildman–Crippen LogP) is 3.66. The molecule has 0 fully saturated rings. The van der Waals surface area contributed by atoms with Crippen molar-refractivity contribution in [2.75, 3.05) is 5.73 Å². The first-order valence-corrected chi connectivity index (χ1v) is 8.23. The van der Waals surface area contributed by atoms with Gasteiger partial charge in [0.05, 0.1) is 15.7 Å². The van der Waals surface area contributed by atoms with Gasteiger partial charge in [-0.3, -0.25) is 0 Å². The molecule has 0 aliphatic rings. The molecular weight excluding hydrogens is 350 g/mol. The Labute approximate surface area is 125 Å². The Kier molecular flexibility index (Phi) is 4.18. The summed E-state index contributed by atoms with van der Waals surface area (Å²) in [5.41, 5.74) is 6.69. The number of hydrogen-bond donors (Lipinski definition) is 1. The Morgan fingerprint density at radius 2 is 1.89 bits per heavy atom. The maximum Gasteiger partial charge on any atom is 0.183 e. The van der Waals surface area contributed by atoms with E-state index in [1.807, 2.05) is 6.07 Å². The van der Waals surface area contributed by atoms with E-state index in [-0.39, 0.29) is 15.7 Å². The molecule has 0 aromatic heterocycles. The Hall–Kier alpha value is -1.04. The van der Waals surface area contributed by atoms with Crippen molar-refractivity contribution in [3.8, 4) is 0 Å². The summed E-state index contributed by atoms with van der Waals surface area (Å²) in [6.07, 6.45) is 0. The predicted molar refractivity (Wildman–Crippen MR) is 80.9 cm³/mol. The quantitative estimate of drug-likeness (QED) is 0.850. The van der Waals surface area contributed by atoms with Crippen molar-refractivity contribution in [1.29, 1.82) is 0 Å². The molecule has 0 aliphatic carbocycles. The average Bonchev–Trinajstić information content (AvgIpc) is 2.27. The van der Waals surface area contributed by atoms with Crippen LogP contribution in [0.3, 0.4) is 0 Å². The van der Waals surface area contributed by atoms with E-state index in [0.717, 1.165) is 4.47 Å². The lowest BCUT2D eigenvalue weighted by atomic mass is 10.2. The molecule has 0 unspecified atom stereocenters. The molecule has 0 radical (unpaired) electrons. The van der Waals surface area contributed by atoms with Crippen LogP contribution >= 0.6 is 27.5 Å². The minimum absolute atomic E-state index is 0.100. The average molecular weight is 361 g/mol. The first kappa shape index (κ1) is 14.4. The molecule has 2 aromatic rings. The second-order valence-electron chi connectivity index (χ2n) is 4.08. The van der Waals surface area contributed by atoms with Gasteiger partial charge >= 0.3 is 0 Å². The van der Waals surface area contributed by atoms with E-state index in [4.69, 9.17) is 17.3 Å². The third kappa shape index (κ3) is 3.49. The van der Waals surface area contributed by atoms with Crippen LogP contribution in [-0.2, 0) is 15.6 Å². The maximum absolute atomic E-state index is 12.3. The van der Waals surface area contributed by atoms with Gasteiger partial charge in [-0.1, -0.05) is 39.7 Å². The highest BCUT2D eigenvalue weighted by Gasteiger charge is 2.19. The molecule has 2 aromatic carbocycles. The van der Waals surface area contributed by atoms with Gasteiger partial charge in [-0.15, -0.1) is 0 Å². The number of anilines is 1. The number of hydrogen-bond acceptors (Lipinski definition) is 3. The zero-order valence-electron chi connectivity index (χ0n) is 9.81. The molecule has 2 rings (SSSR count). The van der Waals surface area contributed by atoms with Gasteiger partial charge in [-0.05, 0) is 35.9 Å². The summed E-state index contributed by atoms with van der Waals surface area (Å²) in [5, 5.41) is 0.148. The highest BCUT2D eigenvalue weighted by molar-refractivity contribution is 9.10. The Morgan fingerprint density at radius 3 is 2.53 bits per heavy atom. The van der Waals surface area contributed by atoms with E-state index in [9.17, 15) is 8.42 Å². The molecular formula is C13H11BrClNO2S. The second-order valence-corrected chi connectivity index (χ2v) is 7.36. The Balaban J connectivity index is 2.38. The van der Waals surface area contributed by atoms with Crippen LogP contribution in [0.25, 0.3) is 0 Å². The van der Waals surface area contributed by atoms with Gasteiger partial charge in [0.25, 0.3) is 0 Å². The zero-order valence-corrected chi connectivity index (χ0v) is 13.0. The number of nitrogens with two attached hydrogens (primary N) is 1. The molecule has 3 nitrogen and oxygen atoms in total. The highest BCUT2D eigenvalue weighted by atomic mass is 79.9. The van der Waals surface area contributed by atoms with Crippen molar-refractivity contribution in [1.82, 2.24) is 0 Å². The topological polar surface area (TPSA) is 60.2 Å². The van der Waals surface area contributed by atoms with Crippen LogP contribution in [0.1, 0.15) is 5.56 Å². The van der Waals surface area contributed by atoms with Gasteiger partial charge in [0.2, 0.25) is 0 Å². The molecule has 0 saturated heterocycles. The van der Waals surface area contributed by atoms with E-state index in [0.29, 0.717) is 11.3 Å². The van der Waals surface area contributed by atoms with Gasteiger partial charge in [-0.2, -0.15) is 0 Å². The molecule has 0 spiro atoms. The summed E-state index contributed by atoms with van der Waals surface area (Å²) in [6.45, 7) is 0. The highest BCUT2D eigenvalue weighted by Crippen LogP contribution is 2.27. The van der Waals surface area contributed by atoms with Crippen LogP contribution in [0.15, 0.2) is 51.8 Å². The Morgan fingerprint density at radius 1 is 1.16 bits per heavy atom. The summed E-state index contributed by atoms with van der Waals surface area (Å²) in [5.74, 6) is -0.101. The summed E-state index contributed by atoms with van der Waals surface area (Å²) >= 11 is 9.26. The van der Waals surface area contributed by atoms with Crippen LogP contribution < -0.4 is 5.73 Å². The molecule has 19 heavy (non-hydrogen) atoms. The number of sulfone groups is 1. The van der Waals surface area contributed by atoms with Crippen molar-refractivity contribution < 1.29 is 8.42 Å². The van der Waals surface area contributed by atoms with Gasteiger partial charge in [0, 0.05) is 10.2 Å². The van der Waals surface area contributed by atoms with Gasteiger partial charge < -0.3 is 5.73 Å². The second kappa shape index (κ2) is 5.53. The largest absolute Gasteiger partial charge is 0.399 e. The molecule has 2 N–H and O–H groups in total. The van der Waals surface area contributed by atoms with Crippen molar-refractivity contribution in [3.05, 3.63) is 57.5 Å². The molecule has 100 valence electrons.